The average Bonchev–Trinajstić information content (AvgIpc) is 1.96. The van der Waals surface area contributed by atoms with Gasteiger partial charge in [-0.15, -0.1) is 0 Å². The summed E-state index contributed by atoms with van der Waals surface area (Å²) >= 11 is 0. The summed E-state index contributed by atoms with van der Waals surface area (Å²) in [5, 5.41) is 0. The van der Waals surface area contributed by atoms with Crippen molar-refractivity contribution in [3.05, 3.63) is 0 Å². The van der Waals surface area contributed by atoms with Crippen molar-refractivity contribution in [1.29, 1.82) is 0 Å². The Morgan fingerprint density at radius 1 is 1.58 bits per heavy atom. The van der Waals surface area contributed by atoms with Crippen LogP contribution in [0.4, 0.5) is 0 Å². The number of carbonyl (C=O) groups is 2. The molecule has 0 radical (unpaired) electrons. The van der Waals surface area contributed by atoms with Gasteiger partial charge in [0.1, 0.15) is 12.1 Å². The lowest BCUT2D eigenvalue weighted by molar-refractivity contribution is -0.131. The van der Waals surface area contributed by atoms with E-state index >= 15 is 0 Å². The largest absolute Gasteiger partial charge is 0.303 e. The van der Waals surface area contributed by atoms with E-state index in [4.69, 9.17) is 0 Å². The van der Waals surface area contributed by atoms with Crippen LogP contribution in [0, 0.1) is 17.3 Å². The molecule has 2 nitrogen and oxygen atoms in total. The molecule has 0 heterocycles. The van der Waals surface area contributed by atoms with Crippen LogP contribution in [0.25, 0.3) is 0 Å². The lowest BCUT2D eigenvalue weighted by atomic mass is 9.54. The van der Waals surface area contributed by atoms with Crippen LogP contribution in [0.1, 0.15) is 33.6 Å². The molecule has 68 valence electrons. The van der Waals surface area contributed by atoms with E-state index in [0.717, 1.165) is 12.7 Å². The topological polar surface area (TPSA) is 34.1 Å². The van der Waals surface area contributed by atoms with Gasteiger partial charge in [-0.2, -0.15) is 0 Å². The van der Waals surface area contributed by atoms with Gasteiger partial charge in [0.15, 0.2) is 0 Å². The van der Waals surface area contributed by atoms with Crippen molar-refractivity contribution < 1.29 is 9.59 Å². The Bertz CT molecular complexity index is 206. The minimum atomic E-state index is 0.0490. The van der Waals surface area contributed by atoms with Crippen LogP contribution in [0.3, 0.4) is 0 Å². The molecule has 1 rings (SSSR count). The van der Waals surface area contributed by atoms with Crippen molar-refractivity contribution in [2.75, 3.05) is 0 Å². The third kappa shape index (κ3) is 1.43. The maximum absolute atomic E-state index is 10.8. The molecule has 1 fully saturated rings. The third-order valence-electron chi connectivity index (χ3n) is 3.24. The molecule has 1 aliphatic carbocycles. The molecule has 2 heteroatoms. The van der Waals surface area contributed by atoms with Crippen molar-refractivity contribution in [1.82, 2.24) is 0 Å². The monoisotopic (exact) mass is 168 g/mol. The number of aldehydes is 1. The standard InChI is InChI=1S/C10H16O2/c1-7(12)4-8-5-9(6-11)10(8,2)3/h6,8-9H,4-5H2,1-3H3. The fraction of sp³-hybridized carbons (Fsp3) is 0.800. The first-order valence-corrected chi connectivity index (χ1v) is 4.43. The highest BCUT2D eigenvalue weighted by molar-refractivity contribution is 5.76. The summed E-state index contributed by atoms with van der Waals surface area (Å²) in [4.78, 5) is 21.4. The summed E-state index contributed by atoms with van der Waals surface area (Å²) in [6, 6.07) is 0. The van der Waals surface area contributed by atoms with Gasteiger partial charge in [0.2, 0.25) is 0 Å². The van der Waals surface area contributed by atoms with Crippen LogP contribution in [0.5, 0.6) is 0 Å². The van der Waals surface area contributed by atoms with Crippen molar-refractivity contribution in [2.24, 2.45) is 17.3 Å². The van der Waals surface area contributed by atoms with Crippen LogP contribution in [-0.2, 0) is 9.59 Å². The van der Waals surface area contributed by atoms with E-state index in [0.29, 0.717) is 12.3 Å². The SMILES string of the molecule is CC(=O)CC1CC(C=O)C1(C)C. The lowest BCUT2D eigenvalue weighted by Gasteiger charge is -2.49. The summed E-state index contributed by atoms with van der Waals surface area (Å²) in [6.07, 6.45) is 2.56. The molecule has 0 aliphatic heterocycles. The minimum absolute atomic E-state index is 0.0490. The number of ketones is 1. The van der Waals surface area contributed by atoms with Gasteiger partial charge in [0, 0.05) is 12.3 Å². The van der Waals surface area contributed by atoms with Gasteiger partial charge in [0.05, 0.1) is 0 Å². The van der Waals surface area contributed by atoms with Crippen LogP contribution < -0.4 is 0 Å². The van der Waals surface area contributed by atoms with Crippen LogP contribution in [0.2, 0.25) is 0 Å². The molecule has 1 aliphatic rings. The summed E-state index contributed by atoms with van der Waals surface area (Å²) in [7, 11) is 0. The zero-order valence-corrected chi connectivity index (χ0v) is 7.96. The van der Waals surface area contributed by atoms with E-state index in [2.05, 4.69) is 13.8 Å². The zero-order chi connectivity index (χ0) is 9.35. The maximum Gasteiger partial charge on any atom is 0.130 e. The molecule has 0 N–H and O–H groups in total. The minimum Gasteiger partial charge on any atom is -0.303 e. The molecule has 1 saturated carbocycles. The molecule has 0 saturated heterocycles. The van der Waals surface area contributed by atoms with Gasteiger partial charge < -0.3 is 9.59 Å². The molecule has 0 amide bonds. The Morgan fingerprint density at radius 2 is 2.17 bits per heavy atom. The highest BCUT2D eigenvalue weighted by Crippen LogP contribution is 2.51. The molecule has 0 spiro atoms. The normalized spacial score (nSPS) is 32.2. The summed E-state index contributed by atoms with van der Waals surface area (Å²) < 4.78 is 0. The Hall–Kier alpha value is -0.660. The summed E-state index contributed by atoms with van der Waals surface area (Å²) in [5.41, 5.74) is 0.0490. The lowest BCUT2D eigenvalue weighted by Crippen LogP contribution is -2.46. The molecule has 0 aromatic rings. The number of hydrogen-bond donors (Lipinski definition) is 0. The van der Waals surface area contributed by atoms with Gasteiger partial charge >= 0.3 is 0 Å². The predicted octanol–water partition coefficient (Wildman–Crippen LogP) is 1.83. The van der Waals surface area contributed by atoms with Gasteiger partial charge in [-0.05, 0) is 24.7 Å². The first-order valence-electron chi connectivity index (χ1n) is 4.43. The molecule has 0 bridgehead atoms. The molecule has 2 atom stereocenters. The van der Waals surface area contributed by atoms with Crippen molar-refractivity contribution in [3.63, 3.8) is 0 Å². The second kappa shape index (κ2) is 3.00. The van der Waals surface area contributed by atoms with E-state index in [9.17, 15) is 9.59 Å². The number of rotatable bonds is 3. The van der Waals surface area contributed by atoms with Crippen LogP contribution >= 0.6 is 0 Å². The number of Topliss-reactive ketones (excluding diaryl/α,β-unsaturated/α-hetero) is 1. The van der Waals surface area contributed by atoms with Gasteiger partial charge in [-0.1, -0.05) is 13.8 Å². The maximum atomic E-state index is 10.8. The smallest absolute Gasteiger partial charge is 0.130 e. The Labute approximate surface area is 73.3 Å². The second-order valence-corrected chi connectivity index (χ2v) is 4.40. The average molecular weight is 168 g/mol. The molecule has 2 unspecified atom stereocenters. The van der Waals surface area contributed by atoms with Gasteiger partial charge in [-0.3, -0.25) is 0 Å². The Balaban J connectivity index is 2.53. The fourth-order valence-electron chi connectivity index (χ4n) is 1.98. The first kappa shape index (κ1) is 9.43. The second-order valence-electron chi connectivity index (χ2n) is 4.40. The van der Waals surface area contributed by atoms with Gasteiger partial charge in [0.25, 0.3) is 0 Å². The Kier molecular flexibility index (Phi) is 2.36. The molecular formula is C10H16O2. The van der Waals surface area contributed by atoms with Gasteiger partial charge in [-0.25, -0.2) is 0 Å². The molecular weight excluding hydrogens is 152 g/mol. The van der Waals surface area contributed by atoms with E-state index in [1.165, 1.54) is 0 Å². The van der Waals surface area contributed by atoms with E-state index in [-0.39, 0.29) is 17.1 Å². The third-order valence-corrected chi connectivity index (χ3v) is 3.24. The quantitative estimate of drug-likeness (QED) is 0.602. The van der Waals surface area contributed by atoms with Crippen molar-refractivity contribution >= 4 is 12.1 Å². The highest BCUT2D eigenvalue weighted by atomic mass is 16.1. The van der Waals surface area contributed by atoms with E-state index in [1.54, 1.807) is 6.92 Å². The first-order chi connectivity index (χ1) is 5.48. The predicted molar refractivity (Wildman–Crippen MR) is 46.7 cm³/mol. The van der Waals surface area contributed by atoms with Crippen LogP contribution in [0.15, 0.2) is 0 Å². The van der Waals surface area contributed by atoms with Crippen LogP contribution in [-0.4, -0.2) is 12.1 Å². The van der Waals surface area contributed by atoms with Crippen molar-refractivity contribution in [2.45, 2.75) is 33.6 Å². The molecule has 12 heavy (non-hydrogen) atoms. The highest BCUT2D eigenvalue weighted by Gasteiger charge is 2.47. The van der Waals surface area contributed by atoms with E-state index < -0.39 is 0 Å². The summed E-state index contributed by atoms with van der Waals surface area (Å²) in [5.74, 6) is 0.824. The summed E-state index contributed by atoms with van der Waals surface area (Å²) in [6.45, 7) is 5.76. The Morgan fingerprint density at radius 3 is 2.50 bits per heavy atom. The molecule has 0 aromatic heterocycles. The molecule has 0 aromatic carbocycles. The fourth-order valence-corrected chi connectivity index (χ4v) is 1.98. The van der Waals surface area contributed by atoms with Crippen molar-refractivity contribution in [3.8, 4) is 0 Å². The van der Waals surface area contributed by atoms with E-state index in [1.807, 2.05) is 0 Å². The zero-order valence-electron chi connectivity index (χ0n) is 7.96. The number of carbonyl (C=O) groups excluding carboxylic acids is 2. The number of hydrogen-bond acceptors (Lipinski definition) is 2.